The molecule has 2 aromatic rings. The first kappa shape index (κ1) is 34.6. The predicted octanol–water partition coefficient (Wildman–Crippen LogP) is 4.49. The number of aryl methyl sites for hydroxylation is 1. The van der Waals surface area contributed by atoms with E-state index < -0.39 is 12.1 Å². The largest absolute Gasteiger partial charge is 0.493 e. The first-order chi connectivity index (χ1) is 22.1. The minimum absolute atomic E-state index is 0.0808. The Labute approximate surface area is 270 Å². The van der Waals surface area contributed by atoms with E-state index in [1.54, 1.807) is 45.3 Å². The molecule has 0 aromatic heterocycles. The minimum Gasteiger partial charge on any atom is -0.493 e. The summed E-state index contributed by atoms with van der Waals surface area (Å²) in [5.41, 5.74) is 3.00. The van der Waals surface area contributed by atoms with E-state index in [1.807, 2.05) is 26.0 Å². The molecule has 11 nitrogen and oxygen atoms in total. The van der Waals surface area contributed by atoms with Gasteiger partial charge in [-0.2, -0.15) is 0 Å². The minimum atomic E-state index is -0.656. The fraction of sp³-hybridized carbons (Fsp3) is 0.543. The van der Waals surface area contributed by atoms with Gasteiger partial charge >= 0.3 is 5.97 Å². The Hall–Kier alpha value is -4.28. The number of anilines is 1. The molecule has 1 aliphatic heterocycles. The molecule has 2 aromatic carbocycles. The van der Waals surface area contributed by atoms with Gasteiger partial charge in [-0.1, -0.05) is 26.3 Å². The van der Waals surface area contributed by atoms with Crippen LogP contribution in [0.5, 0.6) is 17.2 Å². The molecule has 2 N–H and O–H groups in total. The number of hydrogen-bond donors (Lipinski definition) is 2. The second-order valence-corrected chi connectivity index (χ2v) is 12.0. The van der Waals surface area contributed by atoms with Gasteiger partial charge in [0.1, 0.15) is 6.04 Å². The number of likely N-dealkylation sites (tertiary alicyclic amines) is 1. The third-order valence-electron chi connectivity index (χ3n) is 9.13. The van der Waals surface area contributed by atoms with E-state index in [4.69, 9.17) is 18.9 Å². The Balaban J connectivity index is 1.77. The van der Waals surface area contributed by atoms with Gasteiger partial charge in [-0.25, -0.2) is 0 Å². The van der Waals surface area contributed by atoms with Gasteiger partial charge in [0.25, 0.3) is 0 Å². The number of nitrogens with one attached hydrogen (secondary N) is 2. The maximum Gasteiger partial charge on any atom is 0.309 e. The Morgan fingerprint density at radius 1 is 0.978 bits per heavy atom. The van der Waals surface area contributed by atoms with Crippen molar-refractivity contribution in [2.24, 2.45) is 11.8 Å². The average Bonchev–Trinajstić information content (AvgIpc) is 3.30. The normalized spacial score (nSPS) is 17.4. The lowest BCUT2D eigenvalue weighted by Gasteiger charge is -2.35. The van der Waals surface area contributed by atoms with Crippen LogP contribution in [0.15, 0.2) is 29.1 Å². The van der Waals surface area contributed by atoms with Crippen LogP contribution in [0, 0.1) is 11.8 Å². The highest BCUT2D eigenvalue weighted by molar-refractivity contribution is 5.86. The Kier molecular flexibility index (Phi) is 11.5. The molecule has 2 aliphatic rings. The molecule has 1 aliphatic carbocycles. The van der Waals surface area contributed by atoms with Crippen molar-refractivity contribution in [1.29, 1.82) is 0 Å². The van der Waals surface area contributed by atoms with Crippen molar-refractivity contribution in [2.45, 2.75) is 71.9 Å². The van der Waals surface area contributed by atoms with E-state index in [1.165, 1.54) is 6.92 Å². The summed E-state index contributed by atoms with van der Waals surface area (Å²) < 4.78 is 22.4. The van der Waals surface area contributed by atoms with E-state index >= 15 is 0 Å². The van der Waals surface area contributed by atoms with Crippen LogP contribution >= 0.6 is 0 Å². The third kappa shape index (κ3) is 7.24. The van der Waals surface area contributed by atoms with Crippen molar-refractivity contribution >= 4 is 23.5 Å². The molecular formula is C35H47N3O8. The van der Waals surface area contributed by atoms with Crippen molar-refractivity contribution in [1.82, 2.24) is 10.2 Å². The van der Waals surface area contributed by atoms with Gasteiger partial charge < -0.3 is 34.5 Å². The number of benzene rings is 1. The van der Waals surface area contributed by atoms with Crippen LogP contribution in [0.2, 0.25) is 0 Å². The highest BCUT2D eigenvalue weighted by Crippen LogP contribution is 2.50. The third-order valence-corrected chi connectivity index (χ3v) is 9.13. The molecule has 1 fully saturated rings. The predicted molar refractivity (Wildman–Crippen MR) is 175 cm³/mol. The van der Waals surface area contributed by atoms with Crippen molar-refractivity contribution in [3.63, 3.8) is 0 Å². The zero-order chi connectivity index (χ0) is 33.5. The van der Waals surface area contributed by atoms with Gasteiger partial charge in [0.05, 0.1) is 45.6 Å². The summed E-state index contributed by atoms with van der Waals surface area (Å²) in [6.45, 7) is 8.45. The quantitative estimate of drug-likeness (QED) is 0.342. The topological polar surface area (TPSA) is 132 Å². The highest BCUT2D eigenvalue weighted by atomic mass is 16.5. The van der Waals surface area contributed by atoms with E-state index in [0.717, 1.165) is 11.1 Å². The number of esters is 1. The monoisotopic (exact) mass is 637 g/mol. The van der Waals surface area contributed by atoms with Gasteiger partial charge in [-0.05, 0) is 73.4 Å². The van der Waals surface area contributed by atoms with Crippen molar-refractivity contribution in [3.05, 3.63) is 45.6 Å². The van der Waals surface area contributed by atoms with E-state index in [0.29, 0.717) is 80.2 Å². The number of rotatable bonds is 11. The molecule has 3 atom stereocenters. The number of hydrogen-bond acceptors (Lipinski definition) is 9. The lowest BCUT2D eigenvalue weighted by molar-refractivity contribution is -0.151. The second-order valence-electron chi connectivity index (χ2n) is 12.0. The number of piperidine rings is 1. The molecule has 1 heterocycles. The SMILES string of the molecule is CCOC(=O)C1CCN(C(=O)[C@H](Nc2ccc3c(cc2=O)[C@H](NC(C)=O)CCc2cc(OC)c(OC)c(OC)c2-3)[C@@H](C)CC)CC1. The molecule has 11 heteroatoms. The molecule has 0 unspecified atom stereocenters. The van der Waals surface area contributed by atoms with Gasteiger partial charge in [0, 0.05) is 25.6 Å². The summed E-state index contributed by atoms with van der Waals surface area (Å²) in [6, 6.07) is 5.90. The fourth-order valence-corrected chi connectivity index (χ4v) is 6.47. The number of carbonyl (C=O) groups is 3. The molecule has 2 amide bonds. The summed E-state index contributed by atoms with van der Waals surface area (Å²) in [6.07, 6.45) is 2.92. The standard InChI is InChI=1S/C35H47N3O8/c1-8-20(3)31(34(41)38-16-14-22(15-17-38)35(42)46-9-2)37-27-13-11-24-25(19-28(27)40)26(36-21(4)39)12-10-23-18-29(43-5)32(44-6)33(45-7)30(23)24/h11,13,18-20,22,26,31H,8-10,12,14-17H2,1-7H3,(H,36,39)(H,37,40)/t20-,26+,31+/m0/s1. The lowest BCUT2D eigenvalue weighted by atomic mass is 9.93. The summed E-state index contributed by atoms with van der Waals surface area (Å²) >= 11 is 0. The fourth-order valence-electron chi connectivity index (χ4n) is 6.47. The van der Waals surface area contributed by atoms with Crippen LogP contribution < -0.4 is 30.3 Å². The number of ether oxygens (including phenoxy) is 4. The Morgan fingerprint density at radius 3 is 2.26 bits per heavy atom. The van der Waals surface area contributed by atoms with Crippen LogP contribution in [0.1, 0.15) is 70.5 Å². The van der Waals surface area contributed by atoms with Gasteiger partial charge in [0.15, 0.2) is 11.5 Å². The van der Waals surface area contributed by atoms with Crippen LogP contribution in [0.3, 0.4) is 0 Å². The van der Waals surface area contributed by atoms with Gasteiger partial charge in [0.2, 0.25) is 23.0 Å². The molecule has 0 spiro atoms. The van der Waals surface area contributed by atoms with E-state index in [-0.39, 0.29) is 40.7 Å². The van der Waals surface area contributed by atoms with Crippen LogP contribution in [-0.2, 0) is 25.5 Å². The number of amides is 2. The van der Waals surface area contributed by atoms with E-state index in [2.05, 4.69) is 10.6 Å². The lowest BCUT2D eigenvalue weighted by Crippen LogP contribution is -2.50. The molecule has 250 valence electrons. The summed E-state index contributed by atoms with van der Waals surface area (Å²) in [5, 5.41) is 6.32. The highest BCUT2D eigenvalue weighted by Gasteiger charge is 2.34. The first-order valence-corrected chi connectivity index (χ1v) is 16.1. The van der Waals surface area contributed by atoms with Gasteiger partial charge in [-0.3, -0.25) is 19.2 Å². The number of fused-ring (bicyclic) bond motifs is 3. The molecule has 0 radical (unpaired) electrons. The number of carbonyl (C=O) groups excluding carboxylic acids is 3. The molecule has 0 saturated carbocycles. The Bertz CT molecular complexity index is 1500. The Morgan fingerprint density at radius 2 is 1.67 bits per heavy atom. The molecule has 1 saturated heterocycles. The zero-order valence-corrected chi connectivity index (χ0v) is 28.0. The smallest absolute Gasteiger partial charge is 0.309 e. The summed E-state index contributed by atoms with van der Waals surface area (Å²) in [5.74, 6) is 0.576. The number of nitrogens with zero attached hydrogens (tertiary/aromatic N) is 1. The summed E-state index contributed by atoms with van der Waals surface area (Å²) in [4.78, 5) is 54.1. The van der Waals surface area contributed by atoms with Crippen LogP contribution in [0.25, 0.3) is 11.1 Å². The number of methoxy groups -OCH3 is 3. The summed E-state index contributed by atoms with van der Waals surface area (Å²) in [7, 11) is 4.66. The molecule has 4 rings (SSSR count). The maximum absolute atomic E-state index is 13.9. The van der Waals surface area contributed by atoms with E-state index in [9.17, 15) is 19.2 Å². The van der Waals surface area contributed by atoms with Crippen molar-refractivity contribution < 1.29 is 33.3 Å². The molecule has 0 bridgehead atoms. The second kappa shape index (κ2) is 15.3. The van der Waals surface area contributed by atoms with Crippen LogP contribution in [-0.4, -0.2) is 69.8 Å². The van der Waals surface area contributed by atoms with Crippen LogP contribution in [0.4, 0.5) is 5.69 Å². The van der Waals surface area contributed by atoms with Crippen molar-refractivity contribution in [3.8, 4) is 28.4 Å². The van der Waals surface area contributed by atoms with Gasteiger partial charge in [-0.15, -0.1) is 0 Å². The zero-order valence-electron chi connectivity index (χ0n) is 28.0. The van der Waals surface area contributed by atoms with Crippen molar-refractivity contribution in [2.75, 3.05) is 46.3 Å². The first-order valence-electron chi connectivity index (χ1n) is 16.1. The average molecular weight is 638 g/mol. The molecular weight excluding hydrogens is 590 g/mol. The molecule has 46 heavy (non-hydrogen) atoms. The maximum atomic E-state index is 13.9.